The Morgan fingerprint density at radius 3 is 2.56 bits per heavy atom. The number of aryl methyl sites for hydroxylation is 1. The lowest BCUT2D eigenvalue weighted by Gasteiger charge is -2.15. The summed E-state index contributed by atoms with van der Waals surface area (Å²) in [6.45, 7) is 0. The summed E-state index contributed by atoms with van der Waals surface area (Å²) in [4.78, 5) is 2.04. The van der Waals surface area contributed by atoms with Crippen LogP contribution in [-0.4, -0.2) is 23.9 Å². The number of hydrogen-bond donors (Lipinski definition) is 1. The zero-order valence-corrected chi connectivity index (χ0v) is 9.81. The molecule has 4 nitrogen and oxygen atoms in total. The van der Waals surface area contributed by atoms with Crippen molar-refractivity contribution in [3.05, 3.63) is 30.5 Å². The van der Waals surface area contributed by atoms with Crippen molar-refractivity contribution in [1.82, 2.24) is 9.78 Å². The van der Waals surface area contributed by atoms with Gasteiger partial charge in [-0.3, -0.25) is 4.68 Å². The van der Waals surface area contributed by atoms with E-state index < -0.39 is 0 Å². The van der Waals surface area contributed by atoms with Crippen LogP contribution in [0.15, 0.2) is 30.5 Å². The minimum atomic E-state index is 0.766. The molecule has 0 bridgehead atoms. The lowest BCUT2D eigenvalue weighted by molar-refractivity contribution is 0.776. The van der Waals surface area contributed by atoms with Crippen LogP contribution in [0.2, 0.25) is 0 Å². The van der Waals surface area contributed by atoms with E-state index in [0.717, 1.165) is 22.6 Å². The monoisotopic (exact) mass is 216 g/mol. The molecule has 1 heterocycles. The molecule has 0 saturated heterocycles. The maximum atomic E-state index is 5.90. The van der Waals surface area contributed by atoms with E-state index in [-0.39, 0.29) is 0 Å². The lowest BCUT2D eigenvalue weighted by Crippen LogP contribution is -2.09. The first-order valence-corrected chi connectivity index (χ1v) is 5.14. The molecule has 0 atom stereocenters. The normalized spacial score (nSPS) is 10.4. The molecule has 1 aromatic carbocycles. The van der Waals surface area contributed by atoms with E-state index in [0.29, 0.717) is 0 Å². The second-order valence-electron chi connectivity index (χ2n) is 4.05. The molecule has 0 aliphatic carbocycles. The van der Waals surface area contributed by atoms with Gasteiger partial charge in [0, 0.05) is 44.3 Å². The number of nitrogens with zero attached hydrogens (tertiary/aromatic N) is 3. The Morgan fingerprint density at radius 2 is 2.00 bits per heavy atom. The third-order valence-electron chi connectivity index (χ3n) is 2.57. The van der Waals surface area contributed by atoms with Gasteiger partial charge in [0.1, 0.15) is 0 Å². The summed E-state index contributed by atoms with van der Waals surface area (Å²) in [7, 11) is 5.93. The quantitative estimate of drug-likeness (QED) is 0.778. The molecule has 0 aliphatic rings. The number of rotatable bonds is 2. The van der Waals surface area contributed by atoms with Crippen molar-refractivity contribution in [2.75, 3.05) is 24.7 Å². The fraction of sp³-hybridized carbons (Fsp3) is 0.250. The van der Waals surface area contributed by atoms with Crippen LogP contribution in [-0.2, 0) is 7.05 Å². The molecule has 2 aromatic rings. The van der Waals surface area contributed by atoms with Gasteiger partial charge in [-0.15, -0.1) is 0 Å². The zero-order chi connectivity index (χ0) is 11.7. The molecule has 2 rings (SSSR count). The Balaban J connectivity index is 2.54. The highest BCUT2D eigenvalue weighted by Crippen LogP contribution is 2.26. The predicted molar refractivity (Wildman–Crippen MR) is 67.4 cm³/mol. The van der Waals surface area contributed by atoms with Crippen molar-refractivity contribution < 1.29 is 0 Å². The smallest absolute Gasteiger partial charge is 0.0680 e. The Morgan fingerprint density at radius 1 is 1.25 bits per heavy atom. The summed E-state index contributed by atoms with van der Waals surface area (Å²) in [5.74, 6) is 0. The fourth-order valence-electron chi connectivity index (χ4n) is 1.70. The number of hydrogen-bond acceptors (Lipinski definition) is 3. The van der Waals surface area contributed by atoms with E-state index >= 15 is 0 Å². The number of benzene rings is 1. The van der Waals surface area contributed by atoms with Gasteiger partial charge in [-0.05, 0) is 24.3 Å². The first kappa shape index (κ1) is 10.5. The topological polar surface area (TPSA) is 47.1 Å². The van der Waals surface area contributed by atoms with Crippen LogP contribution in [0.3, 0.4) is 0 Å². The molecule has 16 heavy (non-hydrogen) atoms. The standard InChI is InChI=1S/C12H16N4/c1-15(2)11-7-9(6-10(13)8-11)12-4-5-14-16(12)3/h4-8H,13H2,1-3H3. The molecule has 0 radical (unpaired) electrons. The van der Waals surface area contributed by atoms with Crippen LogP contribution in [0.1, 0.15) is 0 Å². The third-order valence-corrected chi connectivity index (χ3v) is 2.57. The van der Waals surface area contributed by atoms with Crippen molar-refractivity contribution in [2.24, 2.45) is 7.05 Å². The van der Waals surface area contributed by atoms with Gasteiger partial charge < -0.3 is 10.6 Å². The molecule has 0 fully saturated rings. The molecule has 0 unspecified atom stereocenters. The van der Waals surface area contributed by atoms with E-state index in [1.165, 1.54) is 0 Å². The van der Waals surface area contributed by atoms with Gasteiger partial charge in [0.2, 0.25) is 0 Å². The van der Waals surface area contributed by atoms with Crippen molar-refractivity contribution in [2.45, 2.75) is 0 Å². The maximum Gasteiger partial charge on any atom is 0.0680 e. The molecule has 0 saturated carbocycles. The minimum Gasteiger partial charge on any atom is -0.399 e. The van der Waals surface area contributed by atoms with E-state index in [1.54, 1.807) is 6.20 Å². The summed E-state index contributed by atoms with van der Waals surface area (Å²) in [6, 6.07) is 8.01. The summed E-state index contributed by atoms with van der Waals surface area (Å²) in [5.41, 5.74) is 9.91. The van der Waals surface area contributed by atoms with E-state index in [2.05, 4.69) is 11.2 Å². The highest BCUT2D eigenvalue weighted by atomic mass is 15.3. The maximum absolute atomic E-state index is 5.90. The molecule has 4 heteroatoms. The summed E-state index contributed by atoms with van der Waals surface area (Å²) < 4.78 is 1.84. The number of nitrogens with two attached hydrogens (primary N) is 1. The Hall–Kier alpha value is -1.97. The van der Waals surface area contributed by atoms with E-state index in [9.17, 15) is 0 Å². The SMILES string of the molecule is CN(C)c1cc(N)cc(-c2ccnn2C)c1. The fourth-order valence-corrected chi connectivity index (χ4v) is 1.70. The number of anilines is 2. The van der Waals surface area contributed by atoms with Gasteiger partial charge in [0.25, 0.3) is 0 Å². The Labute approximate surface area is 95.3 Å². The zero-order valence-electron chi connectivity index (χ0n) is 9.81. The van der Waals surface area contributed by atoms with Gasteiger partial charge in [-0.25, -0.2) is 0 Å². The molecule has 1 aromatic heterocycles. The number of nitrogen functional groups attached to an aromatic ring is 1. The second kappa shape index (κ2) is 3.89. The first-order valence-electron chi connectivity index (χ1n) is 5.14. The first-order chi connectivity index (χ1) is 7.58. The van der Waals surface area contributed by atoms with Crippen LogP contribution in [0, 0.1) is 0 Å². The van der Waals surface area contributed by atoms with Gasteiger partial charge in [-0.2, -0.15) is 5.10 Å². The minimum absolute atomic E-state index is 0.766. The van der Waals surface area contributed by atoms with Crippen LogP contribution >= 0.6 is 0 Å². The predicted octanol–water partition coefficient (Wildman–Crippen LogP) is 1.74. The molecule has 0 aliphatic heterocycles. The highest BCUT2D eigenvalue weighted by Gasteiger charge is 2.06. The summed E-state index contributed by atoms with van der Waals surface area (Å²) >= 11 is 0. The van der Waals surface area contributed by atoms with Crippen LogP contribution in [0.25, 0.3) is 11.3 Å². The van der Waals surface area contributed by atoms with Gasteiger partial charge in [0.05, 0.1) is 5.69 Å². The Kier molecular flexibility index (Phi) is 2.56. The van der Waals surface area contributed by atoms with Crippen LogP contribution in [0.4, 0.5) is 11.4 Å². The van der Waals surface area contributed by atoms with Gasteiger partial charge >= 0.3 is 0 Å². The third kappa shape index (κ3) is 1.86. The molecule has 0 amide bonds. The molecule has 2 N–H and O–H groups in total. The second-order valence-corrected chi connectivity index (χ2v) is 4.05. The van der Waals surface area contributed by atoms with Crippen LogP contribution in [0.5, 0.6) is 0 Å². The van der Waals surface area contributed by atoms with Gasteiger partial charge in [0.15, 0.2) is 0 Å². The summed E-state index contributed by atoms with van der Waals surface area (Å²) in [5, 5.41) is 4.16. The molecular weight excluding hydrogens is 200 g/mol. The molecule has 0 spiro atoms. The average Bonchev–Trinajstić information content (AvgIpc) is 2.63. The van der Waals surface area contributed by atoms with Crippen LogP contribution < -0.4 is 10.6 Å². The summed E-state index contributed by atoms with van der Waals surface area (Å²) in [6.07, 6.45) is 1.79. The Bertz CT molecular complexity index is 499. The van der Waals surface area contributed by atoms with E-state index in [4.69, 9.17) is 5.73 Å². The van der Waals surface area contributed by atoms with Gasteiger partial charge in [-0.1, -0.05) is 0 Å². The van der Waals surface area contributed by atoms with Crippen molar-refractivity contribution >= 4 is 11.4 Å². The van der Waals surface area contributed by atoms with Crippen molar-refractivity contribution in [3.8, 4) is 11.3 Å². The van der Waals surface area contributed by atoms with Crippen molar-refractivity contribution in [3.63, 3.8) is 0 Å². The van der Waals surface area contributed by atoms with E-state index in [1.807, 2.05) is 48.9 Å². The lowest BCUT2D eigenvalue weighted by atomic mass is 10.1. The van der Waals surface area contributed by atoms with Crippen molar-refractivity contribution in [1.29, 1.82) is 0 Å². The molecular formula is C12H16N4. The highest BCUT2D eigenvalue weighted by molar-refractivity contribution is 5.71. The average molecular weight is 216 g/mol. The number of aromatic nitrogens is 2. The molecule has 84 valence electrons. The largest absolute Gasteiger partial charge is 0.399 e.